The first-order chi connectivity index (χ1) is 15.1. The van der Waals surface area contributed by atoms with Gasteiger partial charge >= 0.3 is 0 Å². The lowest BCUT2D eigenvalue weighted by atomic mass is 10.1. The van der Waals surface area contributed by atoms with E-state index in [1.807, 2.05) is 0 Å². The number of nitro benzene ring substituents is 1. The van der Waals surface area contributed by atoms with Crippen molar-refractivity contribution in [1.29, 1.82) is 0 Å². The summed E-state index contributed by atoms with van der Waals surface area (Å²) in [6.07, 6.45) is 0. The predicted octanol–water partition coefficient (Wildman–Crippen LogP) is 4.62. The van der Waals surface area contributed by atoms with Gasteiger partial charge in [0.25, 0.3) is 21.6 Å². The Morgan fingerprint density at radius 1 is 1.06 bits per heavy atom. The number of amides is 1. The number of nitrogens with zero attached hydrogens (tertiary/aromatic N) is 1. The first-order valence-electron chi connectivity index (χ1n) is 9.13. The lowest BCUT2D eigenvalue weighted by Gasteiger charge is -2.13. The Morgan fingerprint density at radius 3 is 2.47 bits per heavy atom. The zero-order valence-corrected chi connectivity index (χ0v) is 18.5. The fourth-order valence-corrected chi connectivity index (χ4v) is 4.19. The number of hydrogen-bond donors (Lipinski definition) is 2. The Bertz CT molecular complexity index is 1310. The number of non-ortho nitro benzene ring substituents is 1. The minimum absolute atomic E-state index is 0.103. The standard InChI is InChI=1S/C21H18ClN3O6S/c1-13-10-15(22)6-8-18(13)23-21(26)14-4-3-5-17(11-14)32(29,30)24-19-12-16(25(27)28)7-9-20(19)31-2/h3-12,24H,1-2H3,(H,23,26). The summed E-state index contributed by atoms with van der Waals surface area (Å²) in [5, 5.41) is 14.3. The van der Waals surface area contributed by atoms with Crippen molar-refractivity contribution in [3.63, 3.8) is 0 Å². The van der Waals surface area contributed by atoms with E-state index in [4.69, 9.17) is 16.3 Å². The number of ether oxygens (including phenoxy) is 1. The van der Waals surface area contributed by atoms with Crippen molar-refractivity contribution < 1.29 is 22.9 Å². The van der Waals surface area contributed by atoms with Crippen LogP contribution in [0.3, 0.4) is 0 Å². The van der Waals surface area contributed by atoms with Gasteiger partial charge in [-0.1, -0.05) is 17.7 Å². The number of nitrogens with one attached hydrogen (secondary N) is 2. The lowest BCUT2D eigenvalue weighted by molar-refractivity contribution is -0.384. The number of benzene rings is 3. The number of carbonyl (C=O) groups is 1. The van der Waals surface area contributed by atoms with E-state index in [1.165, 1.54) is 43.5 Å². The van der Waals surface area contributed by atoms with Gasteiger partial charge < -0.3 is 10.1 Å². The molecule has 3 aromatic carbocycles. The first kappa shape index (κ1) is 23.0. The lowest BCUT2D eigenvalue weighted by Crippen LogP contribution is -2.16. The number of anilines is 2. The van der Waals surface area contributed by atoms with Gasteiger partial charge in [-0.05, 0) is 55.0 Å². The molecule has 0 spiro atoms. The zero-order chi connectivity index (χ0) is 23.5. The normalized spacial score (nSPS) is 11.0. The SMILES string of the molecule is COc1ccc([N+](=O)[O-])cc1NS(=O)(=O)c1cccc(C(=O)Nc2ccc(Cl)cc2C)c1. The minimum Gasteiger partial charge on any atom is -0.495 e. The third-order valence-corrected chi connectivity index (χ3v) is 6.08. The highest BCUT2D eigenvalue weighted by Crippen LogP contribution is 2.31. The zero-order valence-electron chi connectivity index (χ0n) is 17.0. The number of rotatable bonds is 7. The third kappa shape index (κ3) is 5.16. The van der Waals surface area contributed by atoms with Crippen molar-refractivity contribution in [2.24, 2.45) is 0 Å². The number of nitro groups is 1. The molecule has 9 nitrogen and oxygen atoms in total. The topological polar surface area (TPSA) is 128 Å². The molecule has 0 fully saturated rings. The van der Waals surface area contributed by atoms with Crippen molar-refractivity contribution in [3.8, 4) is 5.75 Å². The summed E-state index contributed by atoms with van der Waals surface area (Å²) in [6.45, 7) is 1.78. The molecule has 0 saturated carbocycles. The van der Waals surface area contributed by atoms with Crippen LogP contribution in [0.4, 0.5) is 17.1 Å². The molecule has 3 rings (SSSR count). The molecular weight excluding hydrogens is 458 g/mol. The van der Waals surface area contributed by atoms with Crippen LogP contribution in [0, 0.1) is 17.0 Å². The second-order valence-electron chi connectivity index (χ2n) is 6.69. The van der Waals surface area contributed by atoms with Gasteiger partial charge in [-0.25, -0.2) is 8.42 Å². The second-order valence-corrected chi connectivity index (χ2v) is 8.81. The van der Waals surface area contributed by atoms with E-state index in [0.29, 0.717) is 10.7 Å². The number of hydrogen-bond acceptors (Lipinski definition) is 6. The Hall–Kier alpha value is -3.63. The molecule has 0 atom stereocenters. The minimum atomic E-state index is -4.18. The van der Waals surface area contributed by atoms with Gasteiger partial charge in [0.1, 0.15) is 5.75 Å². The molecule has 2 N–H and O–H groups in total. The van der Waals surface area contributed by atoms with E-state index in [0.717, 1.165) is 11.6 Å². The molecule has 0 saturated heterocycles. The Morgan fingerprint density at radius 2 is 1.81 bits per heavy atom. The van der Waals surface area contributed by atoms with Gasteiger partial charge in [0.15, 0.2) is 0 Å². The van der Waals surface area contributed by atoms with Crippen molar-refractivity contribution in [2.45, 2.75) is 11.8 Å². The number of carbonyl (C=O) groups excluding carboxylic acids is 1. The molecule has 0 unspecified atom stereocenters. The summed E-state index contributed by atoms with van der Waals surface area (Å²) in [5.74, 6) is -0.410. The molecule has 166 valence electrons. The second kappa shape index (κ2) is 9.25. The number of sulfonamides is 1. The maximum Gasteiger partial charge on any atom is 0.271 e. The molecule has 0 heterocycles. The van der Waals surface area contributed by atoms with Crippen molar-refractivity contribution in [2.75, 3.05) is 17.1 Å². The van der Waals surface area contributed by atoms with Crippen molar-refractivity contribution >= 4 is 44.6 Å². The average Bonchev–Trinajstić information content (AvgIpc) is 2.75. The largest absolute Gasteiger partial charge is 0.495 e. The highest BCUT2D eigenvalue weighted by Gasteiger charge is 2.20. The van der Waals surface area contributed by atoms with Crippen LogP contribution in [0.1, 0.15) is 15.9 Å². The smallest absolute Gasteiger partial charge is 0.271 e. The molecule has 0 aliphatic heterocycles. The maximum atomic E-state index is 12.9. The van der Waals surface area contributed by atoms with E-state index < -0.39 is 20.9 Å². The molecular formula is C21H18ClN3O6S. The van der Waals surface area contributed by atoms with E-state index in [-0.39, 0.29) is 27.6 Å². The van der Waals surface area contributed by atoms with Crippen LogP contribution in [0.2, 0.25) is 5.02 Å². The molecule has 0 aromatic heterocycles. The summed E-state index contributed by atoms with van der Waals surface area (Å²) < 4.78 is 33.1. The van der Waals surface area contributed by atoms with Crippen molar-refractivity contribution in [3.05, 3.63) is 86.9 Å². The van der Waals surface area contributed by atoms with Crippen LogP contribution >= 0.6 is 11.6 Å². The molecule has 0 radical (unpaired) electrons. The van der Waals surface area contributed by atoms with Crippen LogP contribution in [0.25, 0.3) is 0 Å². The summed E-state index contributed by atoms with van der Waals surface area (Å²) in [5.41, 5.74) is 0.970. The first-order valence-corrected chi connectivity index (χ1v) is 11.0. The Kier molecular flexibility index (Phi) is 6.66. The van der Waals surface area contributed by atoms with Crippen molar-refractivity contribution in [1.82, 2.24) is 0 Å². The predicted molar refractivity (Wildman–Crippen MR) is 121 cm³/mol. The van der Waals surface area contributed by atoms with E-state index in [2.05, 4.69) is 10.0 Å². The average molecular weight is 476 g/mol. The van der Waals surface area contributed by atoms with Gasteiger partial charge in [-0.15, -0.1) is 0 Å². The molecule has 0 bridgehead atoms. The monoisotopic (exact) mass is 475 g/mol. The van der Waals surface area contributed by atoms with Crippen LogP contribution in [0.5, 0.6) is 5.75 Å². The number of halogens is 1. The molecule has 11 heteroatoms. The van der Waals surface area contributed by atoms with Gasteiger partial charge in [0.2, 0.25) is 0 Å². The molecule has 0 aliphatic rings. The van der Waals surface area contributed by atoms with Crippen LogP contribution in [-0.2, 0) is 10.0 Å². The van der Waals surface area contributed by atoms with Gasteiger partial charge in [0, 0.05) is 28.4 Å². The quantitative estimate of drug-likeness (QED) is 0.379. The van der Waals surface area contributed by atoms with E-state index in [9.17, 15) is 23.3 Å². The fraction of sp³-hybridized carbons (Fsp3) is 0.0952. The highest BCUT2D eigenvalue weighted by molar-refractivity contribution is 7.92. The molecule has 32 heavy (non-hydrogen) atoms. The van der Waals surface area contributed by atoms with Crippen LogP contribution in [-0.4, -0.2) is 26.4 Å². The Balaban J connectivity index is 1.89. The van der Waals surface area contributed by atoms with Gasteiger partial charge in [-0.3, -0.25) is 19.6 Å². The third-order valence-electron chi connectivity index (χ3n) is 4.48. The van der Waals surface area contributed by atoms with Crippen LogP contribution < -0.4 is 14.8 Å². The summed E-state index contributed by atoms with van der Waals surface area (Å²) in [7, 11) is -2.87. The van der Waals surface area contributed by atoms with E-state index >= 15 is 0 Å². The molecule has 0 aliphatic carbocycles. The highest BCUT2D eigenvalue weighted by atomic mass is 35.5. The number of methoxy groups -OCH3 is 1. The Labute approximate surface area is 189 Å². The van der Waals surface area contributed by atoms with Gasteiger partial charge in [-0.2, -0.15) is 0 Å². The summed E-state index contributed by atoms with van der Waals surface area (Å²) >= 11 is 5.92. The van der Waals surface area contributed by atoms with Gasteiger partial charge in [0.05, 0.1) is 22.6 Å². The fourth-order valence-electron chi connectivity index (χ4n) is 2.86. The molecule has 1 amide bonds. The maximum absolute atomic E-state index is 12.9. The summed E-state index contributed by atoms with van der Waals surface area (Å²) in [4.78, 5) is 22.8. The van der Waals surface area contributed by atoms with E-state index in [1.54, 1.807) is 25.1 Å². The number of aryl methyl sites for hydroxylation is 1. The van der Waals surface area contributed by atoms with Crippen LogP contribution in [0.15, 0.2) is 65.6 Å². The molecule has 3 aromatic rings. The summed E-state index contributed by atoms with van der Waals surface area (Å²) in [6, 6.07) is 13.9.